The maximum atomic E-state index is 12.8. The van der Waals surface area contributed by atoms with Gasteiger partial charge in [0.15, 0.2) is 11.5 Å². The number of ether oxygens (including phenoxy) is 2. The van der Waals surface area contributed by atoms with Gasteiger partial charge in [0.1, 0.15) is 11.4 Å². The van der Waals surface area contributed by atoms with Crippen molar-refractivity contribution in [2.24, 2.45) is 0 Å². The van der Waals surface area contributed by atoms with Crippen molar-refractivity contribution in [1.29, 1.82) is 0 Å². The Kier molecular flexibility index (Phi) is 6.66. The molecule has 2 N–H and O–H groups in total. The van der Waals surface area contributed by atoms with Gasteiger partial charge >= 0.3 is 5.97 Å². The van der Waals surface area contributed by atoms with Gasteiger partial charge in [-0.2, -0.15) is 0 Å². The number of anilines is 2. The van der Waals surface area contributed by atoms with Crippen molar-refractivity contribution in [2.75, 3.05) is 36.9 Å². The highest BCUT2D eigenvalue weighted by Gasteiger charge is 2.22. The molecule has 0 amide bonds. The van der Waals surface area contributed by atoms with Gasteiger partial charge in [0, 0.05) is 19.2 Å². The number of benzene rings is 1. The van der Waals surface area contributed by atoms with Gasteiger partial charge in [-0.05, 0) is 31.0 Å². The number of rotatable bonds is 7. The number of pyridine rings is 1. The minimum Gasteiger partial charge on any atom is -0.493 e. The third-order valence-electron chi connectivity index (χ3n) is 4.92. The molecular formula is C20H25N3O6S. The fourth-order valence-electron chi connectivity index (χ4n) is 3.40. The molecule has 1 aliphatic heterocycles. The summed E-state index contributed by atoms with van der Waals surface area (Å²) in [5, 5.41) is 9.66. The zero-order chi connectivity index (χ0) is 21.7. The van der Waals surface area contributed by atoms with Crippen LogP contribution in [0.5, 0.6) is 11.5 Å². The summed E-state index contributed by atoms with van der Waals surface area (Å²) < 4.78 is 38.2. The molecule has 2 aromatic rings. The topological polar surface area (TPSA) is 118 Å². The lowest BCUT2D eigenvalue weighted by molar-refractivity contribution is 0.0697. The van der Waals surface area contributed by atoms with Crippen molar-refractivity contribution < 1.29 is 27.8 Å². The van der Waals surface area contributed by atoms with Crippen molar-refractivity contribution in [2.45, 2.75) is 30.6 Å². The molecule has 0 unspecified atom stereocenters. The van der Waals surface area contributed by atoms with E-state index in [1.54, 1.807) is 0 Å². The maximum absolute atomic E-state index is 12.8. The van der Waals surface area contributed by atoms with Crippen molar-refractivity contribution >= 4 is 27.5 Å². The summed E-state index contributed by atoms with van der Waals surface area (Å²) in [5.74, 6) is -0.137. The standard InChI is InChI=1S/C20H25N3O6S/c1-28-17-8-7-15(12-18(17)29-2)30(26,27)22-14-11-16(20(24)25)19(21-13-14)23-9-5-3-4-6-10-23/h7-8,11-13,22H,3-6,9-10H2,1-2H3,(H,24,25). The van der Waals surface area contributed by atoms with E-state index in [1.807, 2.05) is 4.90 Å². The number of carboxylic acids is 1. The second-order valence-electron chi connectivity index (χ2n) is 6.92. The van der Waals surface area contributed by atoms with Crippen LogP contribution in [0.4, 0.5) is 11.5 Å². The molecule has 1 saturated heterocycles. The number of nitrogens with zero attached hydrogens (tertiary/aromatic N) is 2. The lowest BCUT2D eigenvalue weighted by atomic mass is 10.2. The minimum atomic E-state index is -3.99. The highest BCUT2D eigenvalue weighted by molar-refractivity contribution is 7.92. The van der Waals surface area contributed by atoms with Gasteiger partial charge in [-0.25, -0.2) is 18.2 Å². The largest absolute Gasteiger partial charge is 0.493 e. The van der Waals surface area contributed by atoms with Gasteiger partial charge in [-0.3, -0.25) is 4.72 Å². The first-order valence-corrected chi connectivity index (χ1v) is 11.1. The zero-order valence-corrected chi connectivity index (χ0v) is 17.7. The summed E-state index contributed by atoms with van der Waals surface area (Å²) >= 11 is 0. The van der Waals surface area contributed by atoms with E-state index in [0.29, 0.717) is 11.6 Å². The quantitative estimate of drug-likeness (QED) is 0.681. The number of hydrogen-bond donors (Lipinski definition) is 2. The molecule has 1 aromatic heterocycles. The lowest BCUT2D eigenvalue weighted by Crippen LogP contribution is -2.27. The molecule has 2 heterocycles. The second-order valence-corrected chi connectivity index (χ2v) is 8.61. The van der Waals surface area contributed by atoms with Crippen molar-refractivity contribution in [3.8, 4) is 11.5 Å². The molecule has 0 saturated carbocycles. The fourth-order valence-corrected chi connectivity index (χ4v) is 4.45. The molecule has 9 nitrogen and oxygen atoms in total. The van der Waals surface area contributed by atoms with E-state index in [0.717, 1.165) is 38.8 Å². The number of carboxylic acid groups (broad SMARTS) is 1. The Morgan fingerprint density at radius 2 is 1.73 bits per heavy atom. The predicted octanol–water partition coefficient (Wildman–Crippen LogP) is 2.98. The Labute approximate surface area is 175 Å². The van der Waals surface area contributed by atoms with Crippen LogP contribution >= 0.6 is 0 Å². The molecule has 0 spiro atoms. The van der Waals surface area contributed by atoms with Crippen LogP contribution in [0.15, 0.2) is 35.4 Å². The smallest absolute Gasteiger partial charge is 0.339 e. The van der Waals surface area contributed by atoms with Crippen LogP contribution in [-0.4, -0.2) is 51.8 Å². The van der Waals surface area contributed by atoms with Crippen LogP contribution in [0.2, 0.25) is 0 Å². The van der Waals surface area contributed by atoms with Crippen molar-refractivity contribution in [3.63, 3.8) is 0 Å². The van der Waals surface area contributed by atoms with Gasteiger partial charge < -0.3 is 19.5 Å². The van der Waals surface area contributed by atoms with Crippen molar-refractivity contribution in [3.05, 3.63) is 36.0 Å². The molecule has 0 bridgehead atoms. The summed E-state index contributed by atoms with van der Waals surface area (Å²) in [7, 11) is -1.13. The molecule has 3 rings (SSSR count). The van der Waals surface area contributed by atoms with Gasteiger partial charge in [0.05, 0.1) is 31.0 Å². The molecular weight excluding hydrogens is 410 g/mol. The number of aromatic nitrogens is 1. The third kappa shape index (κ3) is 4.76. The maximum Gasteiger partial charge on any atom is 0.339 e. The first kappa shape index (κ1) is 21.7. The van der Waals surface area contributed by atoms with E-state index >= 15 is 0 Å². The van der Waals surface area contributed by atoms with Gasteiger partial charge in [-0.1, -0.05) is 12.8 Å². The van der Waals surface area contributed by atoms with E-state index in [1.165, 1.54) is 44.7 Å². The lowest BCUT2D eigenvalue weighted by Gasteiger charge is -2.23. The van der Waals surface area contributed by atoms with E-state index in [-0.39, 0.29) is 21.9 Å². The highest BCUT2D eigenvalue weighted by Crippen LogP contribution is 2.31. The first-order valence-electron chi connectivity index (χ1n) is 9.59. The Bertz CT molecular complexity index is 1020. The highest BCUT2D eigenvalue weighted by atomic mass is 32.2. The molecule has 10 heteroatoms. The van der Waals surface area contributed by atoms with Crippen LogP contribution in [0.3, 0.4) is 0 Å². The normalized spacial score (nSPS) is 14.7. The molecule has 162 valence electrons. The van der Waals surface area contributed by atoms with E-state index in [9.17, 15) is 18.3 Å². The zero-order valence-electron chi connectivity index (χ0n) is 16.9. The number of aromatic carboxylic acids is 1. The van der Waals surface area contributed by atoms with E-state index in [2.05, 4.69) is 9.71 Å². The Morgan fingerprint density at radius 1 is 1.07 bits per heavy atom. The van der Waals surface area contributed by atoms with Gasteiger partial charge in [-0.15, -0.1) is 0 Å². The van der Waals surface area contributed by atoms with Crippen LogP contribution < -0.4 is 19.1 Å². The molecule has 0 radical (unpaired) electrons. The van der Waals surface area contributed by atoms with Gasteiger partial charge in [0.25, 0.3) is 10.0 Å². The Balaban J connectivity index is 1.90. The van der Waals surface area contributed by atoms with E-state index < -0.39 is 16.0 Å². The number of carbonyl (C=O) groups is 1. The molecule has 1 fully saturated rings. The number of sulfonamides is 1. The fraction of sp³-hybridized carbons (Fsp3) is 0.400. The van der Waals surface area contributed by atoms with E-state index in [4.69, 9.17) is 9.47 Å². The van der Waals surface area contributed by atoms with Crippen LogP contribution in [0.1, 0.15) is 36.0 Å². The summed E-state index contributed by atoms with van der Waals surface area (Å²) in [6.07, 6.45) is 5.47. The van der Waals surface area contributed by atoms with Crippen molar-refractivity contribution in [1.82, 2.24) is 4.98 Å². The molecule has 1 aliphatic rings. The molecule has 30 heavy (non-hydrogen) atoms. The summed E-state index contributed by atoms with van der Waals surface area (Å²) in [5.41, 5.74) is 0.0326. The van der Waals surface area contributed by atoms with Gasteiger partial charge in [0.2, 0.25) is 0 Å². The van der Waals surface area contributed by atoms with Crippen LogP contribution in [0.25, 0.3) is 0 Å². The summed E-state index contributed by atoms with van der Waals surface area (Å²) in [6.45, 7) is 1.45. The number of nitrogens with one attached hydrogen (secondary N) is 1. The molecule has 0 aliphatic carbocycles. The average Bonchev–Trinajstić information content (AvgIpc) is 3.02. The Hall–Kier alpha value is -3.01. The predicted molar refractivity (Wildman–Crippen MR) is 112 cm³/mol. The summed E-state index contributed by atoms with van der Waals surface area (Å²) in [6, 6.07) is 5.49. The summed E-state index contributed by atoms with van der Waals surface area (Å²) in [4.78, 5) is 18.0. The first-order chi connectivity index (χ1) is 14.4. The minimum absolute atomic E-state index is 0.0376. The average molecular weight is 436 g/mol. The second kappa shape index (κ2) is 9.21. The molecule has 1 aromatic carbocycles. The third-order valence-corrected chi connectivity index (χ3v) is 6.30. The molecule has 0 atom stereocenters. The van der Waals surface area contributed by atoms with Crippen LogP contribution in [-0.2, 0) is 10.0 Å². The van der Waals surface area contributed by atoms with Crippen LogP contribution in [0, 0.1) is 0 Å². The monoisotopic (exact) mass is 435 g/mol. The Morgan fingerprint density at radius 3 is 2.33 bits per heavy atom. The number of hydrogen-bond acceptors (Lipinski definition) is 7. The SMILES string of the molecule is COc1ccc(S(=O)(=O)Nc2cnc(N3CCCCCC3)c(C(=O)O)c2)cc1OC. The number of methoxy groups -OCH3 is 2.